The number of aromatic nitrogens is 1. The number of hydrogen-bond acceptors (Lipinski definition) is 4. The third-order valence-corrected chi connectivity index (χ3v) is 4.14. The van der Waals surface area contributed by atoms with E-state index in [0.717, 1.165) is 22.9 Å². The predicted octanol–water partition coefficient (Wildman–Crippen LogP) is 3.17. The number of hydrogen-bond donors (Lipinski definition) is 2. The van der Waals surface area contributed by atoms with Gasteiger partial charge >= 0.3 is 0 Å². The summed E-state index contributed by atoms with van der Waals surface area (Å²) in [6.45, 7) is 1.84. The van der Waals surface area contributed by atoms with Gasteiger partial charge in [0.1, 0.15) is 0 Å². The van der Waals surface area contributed by atoms with Gasteiger partial charge in [-0.25, -0.2) is 8.42 Å². The number of rotatable bonds is 4. The molecule has 7 heteroatoms. The maximum Gasteiger partial charge on any atom is 0.256 e. The van der Waals surface area contributed by atoms with Crippen LogP contribution < -0.4 is 10.0 Å². The average Bonchev–Trinajstić information content (AvgIpc) is 2.54. The Morgan fingerprint density at radius 1 is 1.00 bits per heavy atom. The van der Waals surface area contributed by atoms with Gasteiger partial charge in [-0.05, 0) is 43.3 Å². The summed E-state index contributed by atoms with van der Waals surface area (Å²) in [4.78, 5) is 17.1. The molecule has 0 fully saturated rings. The summed E-state index contributed by atoms with van der Waals surface area (Å²) in [6, 6.07) is 15.7. The highest BCUT2D eigenvalue weighted by molar-refractivity contribution is 7.92. The lowest BCUT2D eigenvalue weighted by molar-refractivity contribution is 0.102. The maximum atomic E-state index is 12.6. The molecule has 0 saturated carbocycles. The zero-order chi connectivity index (χ0) is 18.0. The minimum atomic E-state index is -3.33. The van der Waals surface area contributed by atoms with E-state index in [4.69, 9.17) is 0 Å². The normalized spacial score (nSPS) is 11.3. The third kappa shape index (κ3) is 4.13. The number of fused-ring (bicyclic) bond motifs is 1. The van der Waals surface area contributed by atoms with E-state index in [1.165, 1.54) is 0 Å². The predicted molar refractivity (Wildman–Crippen MR) is 99.3 cm³/mol. The van der Waals surface area contributed by atoms with E-state index in [1.807, 2.05) is 31.2 Å². The number of carbonyl (C=O) groups excluding carboxylic acids is 1. The van der Waals surface area contributed by atoms with E-state index in [0.29, 0.717) is 16.9 Å². The molecule has 3 rings (SSSR count). The van der Waals surface area contributed by atoms with E-state index < -0.39 is 10.0 Å². The van der Waals surface area contributed by atoms with Crippen LogP contribution in [0.2, 0.25) is 0 Å². The van der Waals surface area contributed by atoms with Gasteiger partial charge in [-0.2, -0.15) is 0 Å². The summed E-state index contributed by atoms with van der Waals surface area (Å²) < 4.78 is 24.8. The first kappa shape index (κ1) is 16.9. The third-order valence-electron chi connectivity index (χ3n) is 3.53. The van der Waals surface area contributed by atoms with Crippen LogP contribution in [-0.4, -0.2) is 25.6 Å². The number of benzene rings is 2. The van der Waals surface area contributed by atoms with Crippen LogP contribution in [0.5, 0.6) is 0 Å². The summed E-state index contributed by atoms with van der Waals surface area (Å²) in [5, 5.41) is 3.60. The molecule has 0 spiro atoms. The summed E-state index contributed by atoms with van der Waals surface area (Å²) >= 11 is 0. The summed E-state index contributed by atoms with van der Waals surface area (Å²) in [5.41, 5.74) is 3.08. The van der Waals surface area contributed by atoms with Gasteiger partial charge in [-0.15, -0.1) is 0 Å². The quantitative estimate of drug-likeness (QED) is 0.752. The standard InChI is InChI=1S/C18H17N3O3S/c1-12-11-16(15-5-3-4-6-17(15)19-12)18(22)20-13-7-9-14(10-8-13)21-25(2,23)24/h3-11,21H,1-2H3,(H,20,22). The number of aryl methyl sites for hydroxylation is 1. The van der Waals surface area contributed by atoms with Crippen molar-refractivity contribution in [3.05, 3.63) is 65.9 Å². The molecule has 2 aromatic carbocycles. The number of sulfonamides is 1. The molecule has 3 aromatic rings. The molecule has 0 atom stereocenters. The molecule has 1 amide bonds. The molecule has 0 aliphatic carbocycles. The van der Waals surface area contributed by atoms with Gasteiger partial charge in [0.05, 0.1) is 17.3 Å². The zero-order valence-electron chi connectivity index (χ0n) is 13.8. The second-order valence-corrected chi connectivity index (χ2v) is 7.48. The highest BCUT2D eigenvalue weighted by Gasteiger charge is 2.12. The summed E-state index contributed by atoms with van der Waals surface area (Å²) in [7, 11) is -3.33. The molecular formula is C18H17N3O3S. The molecule has 6 nitrogen and oxygen atoms in total. The van der Waals surface area contributed by atoms with Crippen LogP contribution in [0.4, 0.5) is 11.4 Å². The van der Waals surface area contributed by atoms with Crippen molar-refractivity contribution in [3.63, 3.8) is 0 Å². The minimum Gasteiger partial charge on any atom is -0.322 e. The van der Waals surface area contributed by atoms with Crippen molar-refractivity contribution in [1.29, 1.82) is 0 Å². The highest BCUT2D eigenvalue weighted by atomic mass is 32.2. The average molecular weight is 355 g/mol. The van der Waals surface area contributed by atoms with E-state index in [1.54, 1.807) is 30.3 Å². The Labute approximate surface area is 146 Å². The largest absolute Gasteiger partial charge is 0.322 e. The van der Waals surface area contributed by atoms with Crippen LogP contribution in [-0.2, 0) is 10.0 Å². The van der Waals surface area contributed by atoms with Crippen LogP contribution in [0, 0.1) is 6.92 Å². The Hall–Kier alpha value is -2.93. The van der Waals surface area contributed by atoms with Gasteiger partial charge < -0.3 is 5.32 Å². The van der Waals surface area contributed by atoms with Gasteiger partial charge in [0, 0.05) is 22.5 Å². The van der Waals surface area contributed by atoms with Crippen LogP contribution >= 0.6 is 0 Å². The van der Waals surface area contributed by atoms with E-state index in [2.05, 4.69) is 15.0 Å². The topological polar surface area (TPSA) is 88.2 Å². The molecule has 0 saturated heterocycles. The second-order valence-electron chi connectivity index (χ2n) is 5.73. The number of para-hydroxylation sites is 1. The fourth-order valence-corrected chi connectivity index (χ4v) is 3.09. The fraction of sp³-hybridized carbons (Fsp3) is 0.111. The molecule has 0 bridgehead atoms. The van der Waals surface area contributed by atoms with Crippen molar-refractivity contribution in [2.24, 2.45) is 0 Å². The minimum absolute atomic E-state index is 0.245. The van der Waals surface area contributed by atoms with Gasteiger partial charge in [0.15, 0.2) is 0 Å². The number of amides is 1. The Balaban J connectivity index is 1.86. The lowest BCUT2D eigenvalue weighted by Crippen LogP contribution is -2.13. The summed E-state index contributed by atoms with van der Waals surface area (Å²) in [5.74, 6) is -0.245. The molecule has 0 aliphatic rings. The van der Waals surface area contributed by atoms with Crippen molar-refractivity contribution in [2.75, 3.05) is 16.3 Å². The Morgan fingerprint density at radius 2 is 1.64 bits per heavy atom. The number of nitrogens with one attached hydrogen (secondary N) is 2. The van der Waals surface area contributed by atoms with E-state index in [9.17, 15) is 13.2 Å². The smallest absolute Gasteiger partial charge is 0.256 e. The molecule has 1 aromatic heterocycles. The zero-order valence-corrected chi connectivity index (χ0v) is 14.6. The number of anilines is 2. The molecular weight excluding hydrogens is 338 g/mol. The van der Waals surface area contributed by atoms with Crippen molar-refractivity contribution in [2.45, 2.75) is 6.92 Å². The number of carbonyl (C=O) groups is 1. The number of nitrogens with zero attached hydrogens (tertiary/aromatic N) is 1. The molecule has 1 heterocycles. The Bertz CT molecular complexity index is 1040. The van der Waals surface area contributed by atoms with Crippen molar-refractivity contribution >= 4 is 38.2 Å². The first-order valence-electron chi connectivity index (χ1n) is 7.57. The van der Waals surface area contributed by atoms with Crippen LogP contribution in [0.15, 0.2) is 54.6 Å². The van der Waals surface area contributed by atoms with Crippen LogP contribution in [0.1, 0.15) is 16.1 Å². The Morgan fingerprint density at radius 3 is 2.32 bits per heavy atom. The van der Waals surface area contributed by atoms with Crippen molar-refractivity contribution in [1.82, 2.24) is 4.98 Å². The van der Waals surface area contributed by atoms with E-state index >= 15 is 0 Å². The van der Waals surface area contributed by atoms with Gasteiger partial charge in [0.25, 0.3) is 5.91 Å². The lowest BCUT2D eigenvalue weighted by Gasteiger charge is -2.10. The first-order chi connectivity index (χ1) is 11.8. The molecule has 25 heavy (non-hydrogen) atoms. The maximum absolute atomic E-state index is 12.6. The van der Waals surface area contributed by atoms with Crippen molar-refractivity contribution < 1.29 is 13.2 Å². The monoisotopic (exact) mass is 355 g/mol. The highest BCUT2D eigenvalue weighted by Crippen LogP contribution is 2.20. The van der Waals surface area contributed by atoms with Gasteiger partial charge in [-0.1, -0.05) is 18.2 Å². The molecule has 2 N–H and O–H groups in total. The molecule has 0 aliphatic heterocycles. The second kappa shape index (κ2) is 6.52. The van der Waals surface area contributed by atoms with Gasteiger partial charge in [0.2, 0.25) is 10.0 Å². The number of pyridine rings is 1. The molecule has 0 radical (unpaired) electrons. The lowest BCUT2D eigenvalue weighted by atomic mass is 10.1. The molecule has 0 unspecified atom stereocenters. The van der Waals surface area contributed by atoms with Gasteiger partial charge in [-0.3, -0.25) is 14.5 Å². The fourth-order valence-electron chi connectivity index (χ4n) is 2.53. The van der Waals surface area contributed by atoms with Crippen LogP contribution in [0.25, 0.3) is 10.9 Å². The van der Waals surface area contributed by atoms with Crippen LogP contribution in [0.3, 0.4) is 0 Å². The SMILES string of the molecule is Cc1cc(C(=O)Nc2ccc(NS(C)(=O)=O)cc2)c2ccccc2n1. The Kier molecular flexibility index (Phi) is 4.41. The molecule has 128 valence electrons. The van der Waals surface area contributed by atoms with Crippen molar-refractivity contribution in [3.8, 4) is 0 Å². The summed E-state index contributed by atoms with van der Waals surface area (Å²) in [6.07, 6.45) is 1.08. The van der Waals surface area contributed by atoms with E-state index in [-0.39, 0.29) is 5.91 Å². The first-order valence-corrected chi connectivity index (χ1v) is 9.46.